The number of nitrogens with zero attached hydrogens (tertiary/aromatic N) is 1. The van der Waals surface area contributed by atoms with Gasteiger partial charge in [0, 0.05) is 18.1 Å². The maximum atomic E-state index is 13.0. The van der Waals surface area contributed by atoms with Gasteiger partial charge in [0.1, 0.15) is 11.8 Å². The number of carbonyl (C=O) groups excluding carboxylic acids is 2. The molecule has 5 nitrogen and oxygen atoms in total. The number of carbonyl (C=O) groups is 2. The standard InChI is InChI=1S/C22H27BrN2O3/c1-5-20(22(27)24-4)25(13-17-8-6-15(2)7-9-17)21(26)14-28-18-10-11-19(23)16(3)12-18/h6-12,20H,5,13-14H2,1-4H3,(H,24,27)/t20-/m1/s1. The number of nitrogens with one attached hydrogen (secondary N) is 1. The molecule has 0 fully saturated rings. The van der Waals surface area contributed by atoms with E-state index in [1.165, 1.54) is 0 Å². The minimum absolute atomic E-state index is 0.125. The quantitative estimate of drug-likeness (QED) is 0.666. The summed E-state index contributed by atoms with van der Waals surface area (Å²) >= 11 is 3.45. The summed E-state index contributed by atoms with van der Waals surface area (Å²) in [6, 6.07) is 13.0. The van der Waals surface area contributed by atoms with E-state index in [0.717, 1.165) is 21.2 Å². The number of rotatable bonds is 8. The van der Waals surface area contributed by atoms with Crippen LogP contribution in [0.4, 0.5) is 0 Å². The van der Waals surface area contributed by atoms with Crippen molar-refractivity contribution in [2.45, 2.75) is 39.8 Å². The third kappa shape index (κ3) is 5.83. The topological polar surface area (TPSA) is 58.6 Å². The molecule has 0 heterocycles. The highest BCUT2D eigenvalue weighted by Gasteiger charge is 2.28. The van der Waals surface area contributed by atoms with Gasteiger partial charge in [-0.1, -0.05) is 52.7 Å². The van der Waals surface area contributed by atoms with Gasteiger partial charge in [-0.05, 0) is 49.6 Å². The third-order valence-corrected chi connectivity index (χ3v) is 5.49. The molecule has 6 heteroatoms. The number of hydrogen-bond acceptors (Lipinski definition) is 3. The zero-order valence-corrected chi connectivity index (χ0v) is 18.4. The van der Waals surface area contributed by atoms with E-state index in [9.17, 15) is 9.59 Å². The Labute approximate surface area is 175 Å². The summed E-state index contributed by atoms with van der Waals surface area (Å²) in [7, 11) is 1.58. The van der Waals surface area contributed by atoms with Crippen LogP contribution in [0.2, 0.25) is 0 Å². The number of likely N-dealkylation sites (N-methyl/N-ethyl adjacent to an activating group) is 1. The highest BCUT2D eigenvalue weighted by Crippen LogP contribution is 2.22. The van der Waals surface area contributed by atoms with Crippen LogP contribution >= 0.6 is 15.9 Å². The van der Waals surface area contributed by atoms with Crippen molar-refractivity contribution in [1.82, 2.24) is 10.2 Å². The van der Waals surface area contributed by atoms with Gasteiger partial charge >= 0.3 is 0 Å². The molecule has 0 bridgehead atoms. The summed E-state index contributed by atoms with van der Waals surface area (Å²) in [5.41, 5.74) is 3.15. The Morgan fingerprint density at radius 3 is 2.39 bits per heavy atom. The normalized spacial score (nSPS) is 11.6. The highest BCUT2D eigenvalue weighted by molar-refractivity contribution is 9.10. The molecule has 0 spiro atoms. The van der Waals surface area contributed by atoms with E-state index in [0.29, 0.717) is 18.7 Å². The van der Waals surface area contributed by atoms with Crippen molar-refractivity contribution >= 4 is 27.7 Å². The molecule has 1 atom stereocenters. The summed E-state index contributed by atoms with van der Waals surface area (Å²) in [4.78, 5) is 26.9. The number of aryl methyl sites for hydroxylation is 2. The molecule has 0 aliphatic rings. The molecule has 0 radical (unpaired) electrons. The van der Waals surface area contributed by atoms with Crippen molar-refractivity contribution in [1.29, 1.82) is 0 Å². The summed E-state index contributed by atoms with van der Waals surface area (Å²) in [6.07, 6.45) is 0.522. The van der Waals surface area contributed by atoms with Gasteiger partial charge in [-0.25, -0.2) is 0 Å². The minimum Gasteiger partial charge on any atom is -0.484 e. The van der Waals surface area contributed by atoms with Crippen molar-refractivity contribution in [2.75, 3.05) is 13.7 Å². The van der Waals surface area contributed by atoms with Crippen LogP contribution in [0.3, 0.4) is 0 Å². The van der Waals surface area contributed by atoms with Crippen molar-refractivity contribution in [3.63, 3.8) is 0 Å². The van der Waals surface area contributed by atoms with Gasteiger partial charge in [0.15, 0.2) is 6.61 Å². The van der Waals surface area contributed by atoms with Gasteiger partial charge in [0.05, 0.1) is 0 Å². The lowest BCUT2D eigenvalue weighted by Crippen LogP contribution is -2.49. The molecule has 2 amide bonds. The zero-order valence-electron chi connectivity index (χ0n) is 16.8. The van der Waals surface area contributed by atoms with Crippen LogP contribution in [0, 0.1) is 13.8 Å². The Kier molecular flexibility index (Phi) is 8.05. The predicted molar refractivity (Wildman–Crippen MR) is 114 cm³/mol. The van der Waals surface area contributed by atoms with E-state index in [1.807, 2.05) is 63.2 Å². The Hall–Kier alpha value is -2.34. The highest BCUT2D eigenvalue weighted by atomic mass is 79.9. The lowest BCUT2D eigenvalue weighted by atomic mass is 10.1. The van der Waals surface area contributed by atoms with E-state index >= 15 is 0 Å². The molecule has 0 aliphatic heterocycles. The smallest absolute Gasteiger partial charge is 0.261 e. The second-order valence-corrected chi connectivity index (χ2v) is 7.60. The predicted octanol–water partition coefficient (Wildman–Crippen LogP) is 4.00. The molecule has 2 aromatic rings. The van der Waals surface area contributed by atoms with E-state index in [-0.39, 0.29) is 18.4 Å². The number of amides is 2. The summed E-state index contributed by atoms with van der Waals surface area (Å²) in [5.74, 6) is 0.219. The minimum atomic E-state index is -0.547. The maximum absolute atomic E-state index is 13.0. The third-order valence-electron chi connectivity index (χ3n) is 4.60. The lowest BCUT2D eigenvalue weighted by molar-refractivity contribution is -0.142. The largest absolute Gasteiger partial charge is 0.484 e. The first kappa shape index (κ1) is 22.0. The SMILES string of the molecule is CC[C@H](C(=O)NC)N(Cc1ccc(C)cc1)C(=O)COc1ccc(Br)c(C)c1. The first-order chi connectivity index (χ1) is 13.3. The van der Waals surface area contributed by atoms with Gasteiger partial charge in [0.25, 0.3) is 5.91 Å². The molecular formula is C22H27BrN2O3. The number of benzene rings is 2. The molecule has 2 rings (SSSR count). The van der Waals surface area contributed by atoms with Crippen LogP contribution in [0.1, 0.15) is 30.0 Å². The Balaban J connectivity index is 2.18. The summed E-state index contributed by atoms with van der Waals surface area (Å²) in [6.45, 7) is 6.10. The molecule has 0 aromatic heterocycles. The lowest BCUT2D eigenvalue weighted by Gasteiger charge is -2.30. The van der Waals surface area contributed by atoms with E-state index in [4.69, 9.17) is 4.74 Å². The zero-order chi connectivity index (χ0) is 20.7. The molecular weight excluding hydrogens is 420 g/mol. The van der Waals surface area contributed by atoms with Crippen molar-refractivity contribution in [3.05, 3.63) is 63.6 Å². The molecule has 150 valence electrons. The van der Waals surface area contributed by atoms with E-state index in [1.54, 1.807) is 11.9 Å². The fourth-order valence-corrected chi connectivity index (χ4v) is 3.16. The molecule has 0 saturated carbocycles. The van der Waals surface area contributed by atoms with Gasteiger partial charge < -0.3 is 15.0 Å². The van der Waals surface area contributed by atoms with Gasteiger partial charge in [-0.3, -0.25) is 9.59 Å². The molecule has 0 aliphatic carbocycles. The Morgan fingerprint density at radius 1 is 1.14 bits per heavy atom. The monoisotopic (exact) mass is 446 g/mol. The first-order valence-electron chi connectivity index (χ1n) is 9.31. The molecule has 2 aromatic carbocycles. The Morgan fingerprint density at radius 2 is 1.82 bits per heavy atom. The van der Waals surface area contributed by atoms with Crippen LogP contribution in [0.15, 0.2) is 46.9 Å². The summed E-state index contributed by atoms with van der Waals surface area (Å²) in [5, 5.41) is 2.65. The van der Waals surface area contributed by atoms with E-state index in [2.05, 4.69) is 21.2 Å². The maximum Gasteiger partial charge on any atom is 0.261 e. The molecule has 28 heavy (non-hydrogen) atoms. The Bertz CT molecular complexity index is 821. The van der Waals surface area contributed by atoms with Crippen LogP contribution in [-0.2, 0) is 16.1 Å². The summed E-state index contributed by atoms with van der Waals surface area (Å²) < 4.78 is 6.69. The van der Waals surface area contributed by atoms with Crippen molar-refractivity contribution < 1.29 is 14.3 Å². The molecule has 0 unspecified atom stereocenters. The van der Waals surface area contributed by atoms with Crippen molar-refractivity contribution in [2.24, 2.45) is 0 Å². The number of ether oxygens (including phenoxy) is 1. The molecule has 0 saturated heterocycles. The van der Waals surface area contributed by atoms with Crippen LogP contribution < -0.4 is 10.1 Å². The van der Waals surface area contributed by atoms with Gasteiger partial charge in [-0.15, -0.1) is 0 Å². The van der Waals surface area contributed by atoms with Crippen LogP contribution in [0.5, 0.6) is 5.75 Å². The van der Waals surface area contributed by atoms with Gasteiger partial charge in [0.2, 0.25) is 5.91 Å². The van der Waals surface area contributed by atoms with Crippen LogP contribution in [0.25, 0.3) is 0 Å². The van der Waals surface area contributed by atoms with Crippen molar-refractivity contribution in [3.8, 4) is 5.75 Å². The average Bonchev–Trinajstić information content (AvgIpc) is 2.69. The fraction of sp³-hybridized carbons (Fsp3) is 0.364. The number of hydrogen-bond donors (Lipinski definition) is 1. The van der Waals surface area contributed by atoms with Crippen LogP contribution in [-0.4, -0.2) is 36.4 Å². The first-order valence-corrected chi connectivity index (χ1v) is 10.1. The second kappa shape index (κ2) is 10.3. The number of halogens is 1. The average molecular weight is 447 g/mol. The second-order valence-electron chi connectivity index (χ2n) is 6.75. The fourth-order valence-electron chi connectivity index (χ4n) is 2.91. The molecule has 1 N–H and O–H groups in total. The van der Waals surface area contributed by atoms with Gasteiger partial charge in [-0.2, -0.15) is 0 Å². The van der Waals surface area contributed by atoms with E-state index < -0.39 is 6.04 Å².